The molecule has 100 valence electrons. The first-order valence-electron chi connectivity index (χ1n) is 6.59. The average molecular weight is 313 g/mol. The van der Waals surface area contributed by atoms with Crippen LogP contribution in [0.15, 0.2) is 28.7 Å². The third-order valence-electron chi connectivity index (χ3n) is 3.19. The summed E-state index contributed by atoms with van der Waals surface area (Å²) < 4.78 is 6.98. The smallest absolute Gasteiger partial charge is 0.120 e. The third-order valence-corrected chi connectivity index (χ3v) is 3.69. The molecule has 2 rings (SSSR count). The van der Waals surface area contributed by atoms with Gasteiger partial charge in [-0.15, -0.1) is 0 Å². The van der Waals surface area contributed by atoms with E-state index >= 15 is 0 Å². The van der Waals surface area contributed by atoms with Gasteiger partial charge in [0.25, 0.3) is 0 Å². The van der Waals surface area contributed by atoms with Gasteiger partial charge in [-0.3, -0.25) is 0 Å². The molecular formula is C14H21BrN2O. The maximum atomic E-state index is 5.91. The number of piperazine rings is 1. The number of hydrogen-bond acceptors (Lipinski definition) is 3. The second-order valence-electron chi connectivity index (χ2n) is 4.77. The fraction of sp³-hybridized carbons (Fsp3) is 0.571. The van der Waals surface area contributed by atoms with E-state index in [-0.39, 0.29) is 6.10 Å². The number of nitrogens with one attached hydrogen (secondary N) is 1. The van der Waals surface area contributed by atoms with Crippen LogP contribution in [-0.2, 0) is 0 Å². The molecule has 1 saturated heterocycles. The molecule has 1 unspecified atom stereocenters. The van der Waals surface area contributed by atoms with Crippen LogP contribution in [0.4, 0.5) is 0 Å². The summed E-state index contributed by atoms with van der Waals surface area (Å²) in [5, 5.41) is 3.37. The summed E-state index contributed by atoms with van der Waals surface area (Å²) >= 11 is 3.46. The van der Waals surface area contributed by atoms with Gasteiger partial charge < -0.3 is 15.0 Å². The van der Waals surface area contributed by atoms with E-state index < -0.39 is 0 Å². The van der Waals surface area contributed by atoms with Crippen LogP contribution in [0.25, 0.3) is 0 Å². The van der Waals surface area contributed by atoms with Crippen molar-refractivity contribution < 1.29 is 4.74 Å². The zero-order chi connectivity index (χ0) is 12.8. The molecular weight excluding hydrogens is 292 g/mol. The molecule has 0 aliphatic carbocycles. The quantitative estimate of drug-likeness (QED) is 0.904. The molecule has 0 aromatic heterocycles. The Kier molecular flexibility index (Phi) is 5.47. The van der Waals surface area contributed by atoms with E-state index in [9.17, 15) is 0 Å². The first kappa shape index (κ1) is 13.8. The van der Waals surface area contributed by atoms with Crippen LogP contribution in [0.5, 0.6) is 5.75 Å². The summed E-state index contributed by atoms with van der Waals surface area (Å²) in [4.78, 5) is 2.50. The molecule has 0 bridgehead atoms. The van der Waals surface area contributed by atoms with Gasteiger partial charge in [0.2, 0.25) is 0 Å². The minimum Gasteiger partial charge on any atom is -0.491 e. The van der Waals surface area contributed by atoms with Gasteiger partial charge in [-0.05, 0) is 31.5 Å². The second kappa shape index (κ2) is 7.12. The zero-order valence-corrected chi connectivity index (χ0v) is 12.4. The summed E-state index contributed by atoms with van der Waals surface area (Å²) in [6.07, 6.45) is 1.33. The van der Waals surface area contributed by atoms with Crippen molar-refractivity contribution in [2.24, 2.45) is 0 Å². The van der Waals surface area contributed by atoms with Gasteiger partial charge in [-0.2, -0.15) is 0 Å². The van der Waals surface area contributed by atoms with E-state index in [1.54, 1.807) is 0 Å². The predicted octanol–water partition coefficient (Wildman–Crippen LogP) is 2.51. The van der Waals surface area contributed by atoms with Crippen molar-refractivity contribution in [2.75, 3.05) is 32.7 Å². The molecule has 0 spiro atoms. The molecule has 0 amide bonds. The first-order valence-corrected chi connectivity index (χ1v) is 7.38. The summed E-state index contributed by atoms with van der Waals surface area (Å²) in [6, 6.07) is 8.04. The average Bonchev–Trinajstić information content (AvgIpc) is 2.38. The van der Waals surface area contributed by atoms with Crippen molar-refractivity contribution in [1.29, 1.82) is 0 Å². The summed E-state index contributed by atoms with van der Waals surface area (Å²) in [7, 11) is 0. The Balaban J connectivity index is 1.72. The van der Waals surface area contributed by atoms with Crippen molar-refractivity contribution in [2.45, 2.75) is 19.4 Å². The van der Waals surface area contributed by atoms with Gasteiger partial charge in [0.15, 0.2) is 0 Å². The minimum absolute atomic E-state index is 0.259. The molecule has 1 fully saturated rings. The second-order valence-corrected chi connectivity index (χ2v) is 5.68. The largest absolute Gasteiger partial charge is 0.491 e. The lowest BCUT2D eigenvalue weighted by Gasteiger charge is -2.28. The predicted molar refractivity (Wildman–Crippen MR) is 78.2 cm³/mol. The Morgan fingerprint density at radius 2 is 2.17 bits per heavy atom. The van der Waals surface area contributed by atoms with Gasteiger partial charge in [0.05, 0.1) is 6.10 Å². The Labute approximate surface area is 118 Å². The molecule has 0 saturated carbocycles. The summed E-state index contributed by atoms with van der Waals surface area (Å²) in [5.41, 5.74) is 0. The van der Waals surface area contributed by atoms with Gasteiger partial charge in [0.1, 0.15) is 5.75 Å². The Bertz CT molecular complexity index is 367. The molecule has 0 radical (unpaired) electrons. The van der Waals surface area contributed by atoms with E-state index in [0.717, 1.165) is 49.4 Å². The highest BCUT2D eigenvalue weighted by Gasteiger charge is 2.11. The molecule has 1 aliphatic rings. The van der Waals surface area contributed by atoms with E-state index in [0.29, 0.717) is 0 Å². The van der Waals surface area contributed by atoms with Crippen LogP contribution in [0.3, 0.4) is 0 Å². The molecule has 3 nitrogen and oxygen atoms in total. The van der Waals surface area contributed by atoms with Crippen molar-refractivity contribution in [3.8, 4) is 5.75 Å². The van der Waals surface area contributed by atoms with Gasteiger partial charge >= 0.3 is 0 Å². The molecule has 1 aromatic rings. The highest BCUT2D eigenvalue weighted by atomic mass is 79.9. The van der Waals surface area contributed by atoms with E-state index in [4.69, 9.17) is 4.74 Å². The first-order chi connectivity index (χ1) is 8.74. The monoisotopic (exact) mass is 312 g/mol. The van der Waals surface area contributed by atoms with Crippen molar-refractivity contribution in [3.05, 3.63) is 28.7 Å². The number of hydrogen-bond donors (Lipinski definition) is 1. The molecule has 1 aromatic carbocycles. The number of halogens is 1. The molecule has 18 heavy (non-hydrogen) atoms. The lowest BCUT2D eigenvalue weighted by Crippen LogP contribution is -2.44. The minimum atomic E-state index is 0.259. The van der Waals surface area contributed by atoms with Crippen LogP contribution in [-0.4, -0.2) is 43.7 Å². The van der Waals surface area contributed by atoms with Gasteiger partial charge in [0, 0.05) is 37.2 Å². The van der Waals surface area contributed by atoms with E-state index in [1.807, 2.05) is 24.3 Å². The van der Waals surface area contributed by atoms with Crippen LogP contribution >= 0.6 is 15.9 Å². The van der Waals surface area contributed by atoms with Crippen molar-refractivity contribution >= 4 is 15.9 Å². The SMILES string of the molecule is CC(CCN1CCNCC1)Oc1cccc(Br)c1. The maximum Gasteiger partial charge on any atom is 0.120 e. The van der Waals surface area contributed by atoms with Crippen LogP contribution in [0, 0.1) is 0 Å². The normalized spacial score (nSPS) is 18.6. The van der Waals surface area contributed by atoms with Gasteiger partial charge in [-0.25, -0.2) is 0 Å². The molecule has 4 heteroatoms. The van der Waals surface area contributed by atoms with Gasteiger partial charge in [-0.1, -0.05) is 22.0 Å². The topological polar surface area (TPSA) is 24.5 Å². The lowest BCUT2D eigenvalue weighted by molar-refractivity contribution is 0.167. The number of rotatable bonds is 5. The van der Waals surface area contributed by atoms with Crippen LogP contribution in [0.2, 0.25) is 0 Å². The maximum absolute atomic E-state index is 5.91. The molecule has 1 aliphatic heterocycles. The molecule has 1 heterocycles. The Morgan fingerprint density at radius 3 is 2.89 bits per heavy atom. The Hall–Kier alpha value is -0.580. The lowest BCUT2D eigenvalue weighted by atomic mass is 10.2. The highest BCUT2D eigenvalue weighted by Crippen LogP contribution is 2.19. The number of ether oxygens (including phenoxy) is 1. The Morgan fingerprint density at radius 1 is 1.39 bits per heavy atom. The fourth-order valence-corrected chi connectivity index (χ4v) is 2.51. The zero-order valence-electron chi connectivity index (χ0n) is 10.9. The fourth-order valence-electron chi connectivity index (χ4n) is 2.13. The molecule has 1 atom stereocenters. The third kappa shape index (κ3) is 4.59. The standard InChI is InChI=1S/C14H21BrN2O/c1-12(5-8-17-9-6-16-7-10-17)18-14-4-2-3-13(15)11-14/h2-4,11-12,16H,5-10H2,1H3. The van der Waals surface area contributed by atoms with E-state index in [2.05, 4.69) is 33.1 Å². The number of benzene rings is 1. The van der Waals surface area contributed by atoms with Crippen molar-refractivity contribution in [3.63, 3.8) is 0 Å². The summed E-state index contributed by atoms with van der Waals surface area (Å²) in [5.74, 6) is 0.942. The summed E-state index contributed by atoms with van der Waals surface area (Å²) in [6.45, 7) is 7.80. The molecule has 1 N–H and O–H groups in total. The number of nitrogens with zero attached hydrogens (tertiary/aromatic N) is 1. The van der Waals surface area contributed by atoms with Crippen molar-refractivity contribution in [1.82, 2.24) is 10.2 Å². The van der Waals surface area contributed by atoms with Crippen LogP contribution in [0.1, 0.15) is 13.3 Å². The van der Waals surface area contributed by atoms with Crippen LogP contribution < -0.4 is 10.1 Å². The highest BCUT2D eigenvalue weighted by molar-refractivity contribution is 9.10. The van der Waals surface area contributed by atoms with E-state index in [1.165, 1.54) is 0 Å².